The molecule has 1 aromatic carbocycles. The molecule has 0 unspecified atom stereocenters. The van der Waals surface area contributed by atoms with Crippen LogP contribution < -0.4 is 5.32 Å². The van der Waals surface area contributed by atoms with Crippen LogP contribution in [0, 0.1) is 12.8 Å². The van der Waals surface area contributed by atoms with Gasteiger partial charge in [0.05, 0.1) is 11.1 Å². The highest BCUT2D eigenvalue weighted by Gasteiger charge is 2.36. The Balaban J connectivity index is 2.06. The summed E-state index contributed by atoms with van der Waals surface area (Å²) in [5, 5.41) is 3.78. The molecule has 1 aliphatic heterocycles. The second kappa shape index (κ2) is 5.99. The number of hydrogen-bond acceptors (Lipinski definition) is 3. The lowest BCUT2D eigenvalue weighted by molar-refractivity contribution is -0.129. The van der Waals surface area contributed by atoms with Crippen molar-refractivity contribution >= 4 is 22.7 Å². The Hall–Kier alpha value is -2.43. The molecule has 0 radical (unpaired) electrons. The highest BCUT2D eigenvalue weighted by Crippen LogP contribution is 2.22. The van der Waals surface area contributed by atoms with Gasteiger partial charge in [-0.1, -0.05) is 32.0 Å². The van der Waals surface area contributed by atoms with Crippen molar-refractivity contribution in [2.24, 2.45) is 5.92 Å². The van der Waals surface area contributed by atoms with Crippen LogP contribution in [0.1, 0.15) is 29.9 Å². The number of pyridine rings is 1. The van der Waals surface area contributed by atoms with Gasteiger partial charge >= 0.3 is 0 Å². The van der Waals surface area contributed by atoms with Gasteiger partial charge in [-0.25, -0.2) is 0 Å². The lowest BCUT2D eigenvalue weighted by Crippen LogP contribution is -2.59. The van der Waals surface area contributed by atoms with Crippen LogP contribution in [0.25, 0.3) is 10.9 Å². The van der Waals surface area contributed by atoms with Gasteiger partial charge in [-0.05, 0) is 25.0 Å². The molecule has 1 fully saturated rings. The van der Waals surface area contributed by atoms with E-state index in [1.807, 2.05) is 45.0 Å². The fraction of sp³-hybridized carbons (Fsp3) is 0.389. The number of benzene rings is 1. The van der Waals surface area contributed by atoms with Crippen molar-refractivity contribution in [2.45, 2.75) is 26.8 Å². The lowest BCUT2D eigenvalue weighted by Gasteiger charge is -2.37. The van der Waals surface area contributed by atoms with Gasteiger partial charge in [-0.15, -0.1) is 0 Å². The van der Waals surface area contributed by atoms with Crippen molar-refractivity contribution < 1.29 is 9.59 Å². The van der Waals surface area contributed by atoms with E-state index in [0.717, 1.165) is 11.1 Å². The van der Waals surface area contributed by atoms with Crippen molar-refractivity contribution in [3.63, 3.8) is 0 Å². The van der Waals surface area contributed by atoms with Gasteiger partial charge < -0.3 is 10.2 Å². The summed E-state index contributed by atoms with van der Waals surface area (Å²) in [5.41, 5.74) is 2.13. The molecule has 0 aliphatic carbocycles. The van der Waals surface area contributed by atoms with E-state index in [-0.39, 0.29) is 17.7 Å². The smallest absolute Gasteiger partial charge is 0.256 e. The second-order valence-electron chi connectivity index (χ2n) is 6.31. The van der Waals surface area contributed by atoms with E-state index < -0.39 is 6.04 Å². The average Bonchev–Trinajstić information content (AvgIpc) is 2.53. The van der Waals surface area contributed by atoms with Crippen LogP contribution in [-0.2, 0) is 4.79 Å². The topological polar surface area (TPSA) is 62.3 Å². The molecule has 1 aliphatic rings. The molecular weight excluding hydrogens is 290 g/mol. The van der Waals surface area contributed by atoms with Crippen LogP contribution in [0.4, 0.5) is 0 Å². The highest BCUT2D eigenvalue weighted by molar-refractivity contribution is 6.07. The van der Waals surface area contributed by atoms with Crippen molar-refractivity contribution in [3.8, 4) is 0 Å². The number of para-hydroxylation sites is 1. The fourth-order valence-corrected chi connectivity index (χ4v) is 3.15. The number of carbonyl (C=O) groups is 2. The Bertz CT molecular complexity index is 770. The SMILES string of the molecule is Cc1ccc2cccc(C(=O)N3CCNC(=O)[C@@H]3C(C)C)c2n1. The summed E-state index contributed by atoms with van der Waals surface area (Å²) in [4.78, 5) is 31.5. The minimum atomic E-state index is -0.434. The first-order valence-electron chi connectivity index (χ1n) is 7.94. The third kappa shape index (κ3) is 2.79. The molecule has 0 spiro atoms. The Morgan fingerprint density at radius 3 is 2.83 bits per heavy atom. The third-order valence-corrected chi connectivity index (χ3v) is 4.24. The first kappa shape index (κ1) is 15.5. The maximum absolute atomic E-state index is 13.1. The van der Waals surface area contributed by atoms with Crippen LogP contribution in [0.2, 0.25) is 0 Å². The van der Waals surface area contributed by atoms with Gasteiger partial charge in [0.2, 0.25) is 5.91 Å². The molecule has 1 aromatic heterocycles. The number of aromatic nitrogens is 1. The lowest BCUT2D eigenvalue weighted by atomic mass is 9.98. The fourth-order valence-electron chi connectivity index (χ4n) is 3.15. The first-order chi connectivity index (χ1) is 11.0. The van der Waals surface area contributed by atoms with Gasteiger partial charge in [-0.2, -0.15) is 0 Å². The third-order valence-electron chi connectivity index (χ3n) is 4.24. The summed E-state index contributed by atoms with van der Waals surface area (Å²) in [5.74, 6) is -0.143. The number of amides is 2. The van der Waals surface area contributed by atoms with Gasteiger partial charge in [0.1, 0.15) is 6.04 Å². The van der Waals surface area contributed by atoms with Crippen molar-refractivity contribution in [3.05, 3.63) is 41.6 Å². The molecular formula is C18H21N3O2. The van der Waals surface area contributed by atoms with E-state index in [9.17, 15) is 9.59 Å². The highest BCUT2D eigenvalue weighted by atomic mass is 16.2. The molecule has 0 saturated carbocycles. The predicted molar refractivity (Wildman–Crippen MR) is 89.2 cm³/mol. The largest absolute Gasteiger partial charge is 0.353 e. The molecule has 1 saturated heterocycles. The summed E-state index contributed by atoms with van der Waals surface area (Å²) < 4.78 is 0. The summed E-state index contributed by atoms with van der Waals surface area (Å²) >= 11 is 0. The van der Waals surface area contributed by atoms with Gasteiger partial charge in [0, 0.05) is 24.2 Å². The number of fused-ring (bicyclic) bond motifs is 1. The quantitative estimate of drug-likeness (QED) is 0.924. The molecule has 3 rings (SSSR count). The average molecular weight is 311 g/mol. The number of nitrogens with zero attached hydrogens (tertiary/aromatic N) is 2. The number of nitrogens with one attached hydrogen (secondary N) is 1. The number of piperazine rings is 1. The molecule has 5 nitrogen and oxygen atoms in total. The first-order valence-corrected chi connectivity index (χ1v) is 7.94. The molecule has 1 atom stereocenters. The molecule has 2 amide bonds. The molecule has 2 aromatic rings. The van der Waals surface area contributed by atoms with E-state index in [4.69, 9.17) is 0 Å². The van der Waals surface area contributed by atoms with Crippen LogP contribution in [0.15, 0.2) is 30.3 Å². The predicted octanol–water partition coefficient (Wildman–Crippen LogP) is 2.14. The van der Waals surface area contributed by atoms with Gasteiger partial charge in [0.25, 0.3) is 5.91 Å². The zero-order valence-electron chi connectivity index (χ0n) is 13.7. The standard InChI is InChI=1S/C18H21N3O2/c1-11(2)16-17(22)19-9-10-21(16)18(23)14-6-4-5-13-8-7-12(3)20-15(13)14/h4-8,11,16H,9-10H2,1-3H3,(H,19,22)/t16-/m0/s1. The molecule has 0 bridgehead atoms. The number of rotatable bonds is 2. The van der Waals surface area contributed by atoms with Gasteiger partial charge in [0.15, 0.2) is 0 Å². The maximum atomic E-state index is 13.1. The minimum Gasteiger partial charge on any atom is -0.353 e. The van der Waals surface area contributed by atoms with Crippen LogP contribution >= 0.6 is 0 Å². The Morgan fingerprint density at radius 1 is 1.30 bits per heavy atom. The second-order valence-corrected chi connectivity index (χ2v) is 6.31. The summed E-state index contributed by atoms with van der Waals surface area (Å²) in [6.45, 7) is 6.84. The van der Waals surface area contributed by atoms with Gasteiger partial charge in [-0.3, -0.25) is 14.6 Å². The monoisotopic (exact) mass is 311 g/mol. The van der Waals surface area contributed by atoms with Crippen LogP contribution in [0.5, 0.6) is 0 Å². The molecule has 23 heavy (non-hydrogen) atoms. The Labute approximate surface area is 135 Å². The molecule has 5 heteroatoms. The number of hydrogen-bond donors (Lipinski definition) is 1. The summed E-state index contributed by atoms with van der Waals surface area (Å²) in [7, 11) is 0. The van der Waals surface area contributed by atoms with E-state index in [2.05, 4.69) is 10.3 Å². The maximum Gasteiger partial charge on any atom is 0.256 e. The zero-order valence-corrected chi connectivity index (χ0v) is 13.7. The van der Waals surface area contributed by atoms with E-state index in [1.54, 1.807) is 11.0 Å². The summed E-state index contributed by atoms with van der Waals surface area (Å²) in [6.07, 6.45) is 0. The van der Waals surface area contributed by atoms with Crippen molar-refractivity contribution in [1.29, 1.82) is 0 Å². The molecule has 120 valence electrons. The van der Waals surface area contributed by atoms with E-state index >= 15 is 0 Å². The van der Waals surface area contributed by atoms with Crippen LogP contribution in [0.3, 0.4) is 0 Å². The normalized spacial score (nSPS) is 18.3. The van der Waals surface area contributed by atoms with Crippen LogP contribution in [-0.4, -0.2) is 40.8 Å². The van der Waals surface area contributed by atoms with Crippen molar-refractivity contribution in [2.75, 3.05) is 13.1 Å². The summed E-state index contributed by atoms with van der Waals surface area (Å²) in [6, 6.07) is 9.07. The molecule has 2 heterocycles. The zero-order chi connectivity index (χ0) is 16.6. The van der Waals surface area contributed by atoms with Crippen molar-refractivity contribution in [1.82, 2.24) is 15.2 Å². The minimum absolute atomic E-state index is 0.0592. The van der Waals surface area contributed by atoms with E-state index in [1.165, 1.54) is 0 Å². The Kier molecular flexibility index (Phi) is 4.03. The number of aryl methyl sites for hydroxylation is 1. The number of carbonyl (C=O) groups excluding carboxylic acids is 2. The van der Waals surface area contributed by atoms with E-state index in [0.29, 0.717) is 24.2 Å². The Morgan fingerprint density at radius 2 is 2.09 bits per heavy atom. The molecule has 1 N–H and O–H groups in total.